The Bertz CT molecular complexity index is 665. The molecule has 0 atom stereocenters. The molecule has 1 aromatic heterocycles. The lowest BCUT2D eigenvalue weighted by atomic mass is 9.85. The lowest BCUT2D eigenvalue weighted by Gasteiger charge is -2.25. The van der Waals surface area contributed by atoms with Crippen LogP contribution in [0.3, 0.4) is 0 Å². The van der Waals surface area contributed by atoms with Gasteiger partial charge in [-0.2, -0.15) is 0 Å². The topological polar surface area (TPSA) is 42.0 Å². The van der Waals surface area contributed by atoms with E-state index in [1.54, 1.807) is 6.07 Å². The lowest BCUT2D eigenvalue weighted by molar-refractivity contribution is 0.0939. The molecule has 1 heterocycles. The summed E-state index contributed by atoms with van der Waals surface area (Å²) in [7, 11) is 0. The number of hydrogen-bond donors (Lipinski definition) is 1. The summed E-state index contributed by atoms with van der Waals surface area (Å²) in [6, 6.07) is 4.99. The van der Waals surface area contributed by atoms with Crippen LogP contribution in [0.25, 0.3) is 10.9 Å². The number of nitrogens with zero attached hydrogens (tertiary/aromatic N) is 1. The van der Waals surface area contributed by atoms with E-state index in [9.17, 15) is 9.18 Å². The van der Waals surface area contributed by atoms with Crippen LogP contribution >= 0.6 is 0 Å². The highest BCUT2D eigenvalue weighted by Gasteiger charge is 2.18. The van der Waals surface area contributed by atoms with E-state index in [0.29, 0.717) is 22.4 Å². The van der Waals surface area contributed by atoms with E-state index >= 15 is 0 Å². The van der Waals surface area contributed by atoms with E-state index in [-0.39, 0.29) is 11.7 Å². The van der Waals surface area contributed by atoms with Crippen molar-refractivity contribution in [2.75, 3.05) is 6.54 Å². The largest absolute Gasteiger partial charge is 0.352 e. The van der Waals surface area contributed by atoms with E-state index in [0.717, 1.165) is 12.1 Å². The lowest BCUT2D eigenvalue weighted by Crippen LogP contribution is -2.32. The van der Waals surface area contributed by atoms with Crippen LogP contribution in [-0.4, -0.2) is 17.4 Å². The summed E-state index contributed by atoms with van der Waals surface area (Å²) in [6.45, 7) is 2.55. The van der Waals surface area contributed by atoms with E-state index in [2.05, 4.69) is 10.3 Å². The second-order valence-corrected chi connectivity index (χ2v) is 5.55. The molecule has 0 saturated heterocycles. The highest BCUT2D eigenvalue weighted by atomic mass is 19.1. The molecule has 0 bridgehead atoms. The van der Waals surface area contributed by atoms with Crippen LogP contribution in [0.2, 0.25) is 0 Å². The standard InChI is InChI=1S/C16H17FN2O/c1-10-5-12-7-13(9-18-15(12)14(17)6-10)16(20)19-8-11-3-2-4-11/h5-7,9,11H,2-4,8H2,1H3,(H,19,20). The average molecular weight is 272 g/mol. The first kappa shape index (κ1) is 13.0. The first-order valence-electron chi connectivity index (χ1n) is 6.97. The summed E-state index contributed by atoms with van der Waals surface area (Å²) in [5, 5.41) is 3.59. The molecule has 0 aliphatic heterocycles. The van der Waals surface area contributed by atoms with Crippen molar-refractivity contribution in [3.8, 4) is 0 Å². The Morgan fingerprint density at radius 3 is 2.90 bits per heavy atom. The second-order valence-electron chi connectivity index (χ2n) is 5.55. The molecule has 1 N–H and O–H groups in total. The van der Waals surface area contributed by atoms with Crippen molar-refractivity contribution in [3.05, 3.63) is 41.3 Å². The molecule has 0 radical (unpaired) electrons. The van der Waals surface area contributed by atoms with E-state index in [1.165, 1.54) is 31.5 Å². The minimum absolute atomic E-state index is 0.131. The maximum atomic E-state index is 13.7. The summed E-state index contributed by atoms with van der Waals surface area (Å²) in [4.78, 5) is 16.1. The maximum Gasteiger partial charge on any atom is 0.252 e. The molecule has 0 spiro atoms. The van der Waals surface area contributed by atoms with Gasteiger partial charge in [0.25, 0.3) is 5.91 Å². The van der Waals surface area contributed by atoms with Gasteiger partial charge in [-0.15, -0.1) is 0 Å². The van der Waals surface area contributed by atoms with Crippen molar-refractivity contribution in [1.29, 1.82) is 0 Å². The molecule has 1 aliphatic rings. The molecule has 1 saturated carbocycles. The number of carbonyl (C=O) groups is 1. The Balaban J connectivity index is 1.82. The molecule has 20 heavy (non-hydrogen) atoms. The number of amides is 1. The molecule has 3 nitrogen and oxygen atoms in total. The molecule has 104 valence electrons. The van der Waals surface area contributed by atoms with Crippen LogP contribution in [0, 0.1) is 18.7 Å². The summed E-state index contributed by atoms with van der Waals surface area (Å²) in [5.41, 5.74) is 1.62. The van der Waals surface area contributed by atoms with Gasteiger partial charge in [-0.05, 0) is 49.4 Å². The SMILES string of the molecule is Cc1cc(F)c2ncc(C(=O)NCC3CCC3)cc2c1. The van der Waals surface area contributed by atoms with Gasteiger partial charge in [0.15, 0.2) is 0 Å². The van der Waals surface area contributed by atoms with Gasteiger partial charge < -0.3 is 5.32 Å². The van der Waals surface area contributed by atoms with Gasteiger partial charge in [0.2, 0.25) is 0 Å². The maximum absolute atomic E-state index is 13.7. The Labute approximate surface area is 117 Å². The molecule has 1 aromatic carbocycles. The molecular weight excluding hydrogens is 255 g/mol. The van der Waals surface area contributed by atoms with Crippen LogP contribution in [0.1, 0.15) is 35.2 Å². The summed E-state index contributed by atoms with van der Waals surface area (Å²) in [5.74, 6) is 0.140. The number of benzene rings is 1. The first-order chi connectivity index (χ1) is 9.63. The fraction of sp³-hybridized carbons (Fsp3) is 0.375. The van der Waals surface area contributed by atoms with Gasteiger partial charge >= 0.3 is 0 Å². The molecular formula is C16H17FN2O. The second kappa shape index (κ2) is 5.19. The molecule has 0 unspecified atom stereocenters. The molecule has 1 fully saturated rings. The van der Waals surface area contributed by atoms with Crippen LogP contribution in [0.4, 0.5) is 4.39 Å². The summed E-state index contributed by atoms with van der Waals surface area (Å²) in [6.07, 6.45) is 5.09. The van der Waals surface area contributed by atoms with Crippen LogP contribution in [0.15, 0.2) is 24.4 Å². The third-order valence-corrected chi connectivity index (χ3v) is 3.92. The molecule has 2 aromatic rings. The van der Waals surface area contributed by atoms with Crippen molar-refractivity contribution in [1.82, 2.24) is 10.3 Å². The van der Waals surface area contributed by atoms with Crippen molar-refractivity contribution in [3.63, 3.8) is 0 Å². The number of rotatable bonds is 3. The third-order valence-electron chi connectivity index (χ3n) is 3.92. The molecule has 3 rings (SSSR count). The van der Waals surface area contributed by atoms with E-state index in [4.69, 9.17) is 0 Å². The Morgan fingerprint density at radius 2 is 2.20 bits per heavy atom. The Hall–Kier alpha value is -1.97. The van der Waals surface area contributed by atoms with Gasteiger partial charge in [-0.3, -0.25) is 9.78 Å². The van der Waals surface area contributed by atoms with E-state index < -0.39 is 0 Å². The minimum Gasteiger partial charge on any atom is -0.352 e. The van der Waals surface area contributed by atoms with Crippen LogP contribution in [-0.2, 0) is 0 Å². The first-order valence-corrected chi connectivity index (χ1v) is 6.97. The number of pyridine rings is 1. The normalized spacial score (nSPS) is 15.1. The number of aromatic nitrogens is 1. The molecule has 1 amide bonds. The van der Waals surface area contributed by atoms with Crippen molar-refractivity contribution in [2.24, 2.45) is 5.92 Å². The van der Waals surface area contributed by atoms with Crippen LogP contribution < -0.4 is 5.32 Å². The predicted molar refractivity (Wildman–Crippen MR) is 76.1 cm³/mol. The molecule has 4 heteroatoms. The zero-order valence-corrected chi connectivity index (χ0v) is 11.4. The van der Waals surface area contributed by atoms with Crippen molar-refractivity contribution >= 4 is 16.8 Å². The summed E-state index contributed by atoms with van der Waals surface area (Å²) < 4.78 is 13.7. The van der Waals surface area contributed by atoms with Gasteiger partial charge in [0, 0.05) is 18.1 Å². The molecule has 1 aliphatic carbocycles. The predicted octanol–water partition coefficient (Wildman–Crippen LogP) is 3.21. The van der Waals surface area contributed by atoms with Crippen LogP contribution in [0.5, 0.6) is 0 Å². The number of halogens is 1. The number of fused-ring (bicyclic) bond motifs is 1. The van der Waals surface area contributed by atoms with Crippen molar-refractivity contribution < 1.29 is 9.18 Å². The van der Waals surface area contributed by atoms with Gasteiger partial charge in [0.1, 0.15) is 11.3 Å². The van der Waals surface area contributed by atoms with Gasteiger partial charge in [-0.25, -0.2) is 4.39 Å². The highest BCUT2D eigenvalue weighted by molar-refractivity contribution is 5.97. The monoisotopic (exact) mass is 272 g/mol. The minimum atomic E-state index is -0.346. The quantitative estimate of drug-likeness (QED) is 0.932. The van der Waals surface area contributed by atoms with Crippen molar-refractivity contribution in [2.45, 2.75) is 26.2 Å². The number of hydrogen-bond acceptors (Lipinski definition) is 2. The highest BCUT2D eigenvalue weighted by Crippen LogP contribution is 2.25. The van der Waals surface area contributed by atoms with E-state index in [1.807, 2.05) is 13.0 Å². The number of nitrogens with one attached hydrogen (secondary N) is 1. The average Bonchev–Trinajstić information content (AvgIpc) is 2.35. The third kappa shape index (κ3) is 2.50. The number of aryl methyl sites for hydroxylation is 1. The fourth-order valence-electron chi connectivity index (χ4n) is 2.51. The van der Waals surface area contributed by atoms with Gasteiger partial charge in [0.05, 0.1) is 5.56 Å². The Morgan fingerprint density at radius 1 is 1.40 bits per heavy atom. The van der Waals surface area contributed by atoms with Gasteiger partial charge in [-0.1, -0.05) is 6.42 Å². The smallest absolute Gasteiger partial charge is 0.252 e. The zero-order valence-electron chi connectivity index (χ0n) is 11.4. The summed E-state index contributed by atoms with van der Waals surface area (Å²) >= 11 is 0. The zero-order chi connectivity index (χ0) is 14.1. The number of carbonyl (C=O) groups excluding carboxylic acids is 1. The fourth-order valence-corrected chi connectivity index (χ4v) is 2.51. The Kier molecular flexibility index (Phi) is 3.38.